The Kier molecular flexibility index (Phi) is 8.88. The lowest BCUT2D eigenvalue weighted by Gasteiger charge is -2.33. The predicted octanol–water partition coefficient (Wildman–Crippen LogP) is 4.14. The smallest absolute Gasteiger partial charge is 0.246 e. The Labute approximate surface area is 256 Å². The average Bonchev–Trinajstić information content (AvgIpc) is 3.67. The van der Waals surface area contributed by atoms with Crippen molar-refractivity contribution in [3.63, 3.8) is 0 Å². The molecular formula is C28H30ClFN10O2S. The average molecular weight is 625 g/mol. The van der Waals surface area contributed by atoms with Crippen molar-refractivity contribution in [2.24, 2.45) is 0 Å². The van der Waals surface area contributed by atoms with E-state index in [4.69, 9.17) is 21.3 Å². The van der Waals surface area contributed by atoms with Crippen molar-refractivity contribution in [3.8, 4) is 16.4 Å². The number of benzene rings is 1. The first-order chi connectivity index (χ1) is 20.9. The predicted molar refractivity (Wildman–Crippen MR) is 162 cm³/mol. The molecule has 1 amide bonds. The lowest BCUT2D eigenvalue weighted by atomic mass is 10.1. The number of likely N-dealkylation sites (tertiary alicyclic amines) is 1. The molecule has 1 aromatic carbocycles. The number of piperidine rings is 1. The van der Waals surface area contributed by atoms with E-state index >= 15 is 0 Å². The Morgan fingerprint density at radius 2 is 2.07 bits per heavy atom. The minimum absolute atomic E-state index is 0.0297. The number of tetrazole rings is 1. The summed E-state index contributed by atoms with van der Waals surface area (Å²) in [6, 6.07) is 8.49. The zero-order chi connectivity index (χ0) is 29.8. The molecule has 2 saturated heterocycles. The van der Waals surface area contributed by atoms with Crippen LogP contribution in [-0.2, 0) is 16.1 Å². The first kappa shape index (κ1) is 29.1. The molecule has 0 unspecified atom stereocenters. The van der Waals surface area contributed by atoms with E-state index < -0.39 is 5.82 Å². The molecular weight excluding hydrogens is 595 g/mol. The molecule has 2 fully saturated rings. The van der Waals surface area contributed by atoms with Gasteiger partial charge in [0.2, 0.25) is 11.7 Å². The molecule has 2 N–H and O–H groups in total. The molecule has 15 heteroatoms. The number of carbonyl (C=O) groups excluding carboxylic acids is 1. The second kappa shape index (κ2) is 13.1. The summed E-state index contributed by atoms with van der Waals surface area (Å²) in [5.74, 6) is 1.02. The fraction of sp³-hybridized carbons (Fsp3) is 0.357. The monoisotopic (exact) mass is 624 g/mol. The molecule has 2 aliphatic heterocycles. The van der Waals surface area contributed by atoms with Gasteiger partial charge in [-0.05, 0) is 54.0 Å². The molecule has 0 radical (unpaired) electrons. The SMILES string of the molecule is C=CC(=O)N1CCC[C@H](Nc2cc(CN3CCOCC3)cc(Nc3ncc(-c4nnn(-c5c(F)cccc5Cl)n4)s3)n2)C1. The Hall–Kier alpha value is -3.98. The molecule has 0 aliphatic carbocycles. The van der Waals surface area contributed by atoms with Crippen LogP contribution in [0.1, 0.15) is 18.4 Å². The maximum atomic E-state index is 14.4. The lowest BCUT2D eigenvalue weighted by molar-refractivity contribution is -0.127. The van der Waals surface area contributed by atoms with E-state index in [9.17, 15) is 9.18 Å². The summed E-state index contributed by atoms with van der Waals surface area (Å²) in [4.78, 5) is 27.4. The third kappa shape index (κ3) is 6.99. The molecule has 12 nitrogen and oxygen atoms in total. The first-order valence-electron chi connectivity index (χ1n) is 13.9. The Morgan fingerprint density at radius 1 is 1.23 bits per heavy atom. The van der Waals surface area contributed by atoms with Gasteiger partial charge in [0.05, 0.1) is 29.3 Å². The van der Waals surface area contributed by atoms with Crippen LogP contribution >= 0.6 is 22.9 Å². The zero-order valence-electron chi connectivity index (χ0n) is 23.2. The summed E-state index contributed by atoms with van der Waals surface area (Å²) in [7, 11) is 0. The highest BCUT2D eigenvalue weighted by atomic mass is 35.5. The van der Waals surface area contributed by atoms with Crippen LogP contribution in [0.4, 0.5) is 21.2 Å². The number of carbonyl (C=O) groups is 1. The molecule has 4 aromatic rings. The van der Waals surface area contributed by atoms with Crippen LogP contribution in [0.5, 0.6) is 0 Å². The molecule has 0 spiro atoms. The number of nitrogens with one attached hydrogen (secondary N) is 2. The van der Waals surface area contributed by atoms with E-state index in [1.165, 1.54) is 29.5 Å². The number of ether oxygens (including phenoxy) is 1. The number of hydrogen-bond acceptors (Lipinski definition) is 11. The van der Waals surface area contributed by atoms with Gasteiger partial charge in [-0.2, -0.15) is 0 Å². The summed E-state index contributed by atoms with van der Waals surface area (Å²) in [5, 5.41) is 20.0. The van der Waals surface area contributed by atoms with Gasteiger partial charge in [0.15, 0.2) is 10.9 Å². The van der Waals surface area contributed by atoms with Crippen molar-refractivity contribution in [1.29, 1.82) is 0 Å². The third-order valence-electron chi connectivity index (χ3n) is 7.17. The van der Waals surface area contributed by atoms with Crippen molar-refractivity contribution < 1.29 is 13.9 Å². The van der Waals surface area contributed by atoms with Crippen molar-refractivity contribution in [3.05, 3.63) is 65.6 Å². The van der Waals surface area contributed by atoms with Gasteiger partial charge in [-0.25, -0.2) is 14.4 Å². The van der Waals surface area contributed by atoms with Gasteiger partial charge in [-0.1, -0.05) is 35.6 Å². The normalized spacial score (nSPS) is 17.5. The van der Waals surface area contributed by atoms with Gasteiger partial charge in [0, 0.05) is 38.8 Å². The second-order valence-corrected chi connectivity index (χ2v) is 11.7. The van der Waals surface area contributed by atoms with Crippen molar-refractivity contribution in [1.82, 2.24) is 40.0 Å². The van der Waals surface area contributed by atoms with Gasteiger partial charge in [-0.15, -0.1) is 15.0 Å². The maximum absolute atomic E-state index is 14.4. The van der Waals surface area contributed by atoms with E-state index in [1.54, 1.807) is 12.3 Å². The summed E-state index contributed by atoms with van der Waals surface area (Å²) in [6.07, 6.45) is 4.82. The minimum atomic E-state index is -0.552. The van der Waals surface area contributed by atoms with Crippen LogP contribution in [0.15, 0.2) is 49.2 Å². The number of para-hydroxylation sites is 1. The number of hydrogen-bond donors (Lipinski definition) is 2. The summed E-state index contributed by atoms with van der Waals surface area (Å²) >= 11 is 7.48. The topological polar surface area (TPSA) is 126 Å². The molecule has 5 heterocycles. The number of aromatic nitrogens is 6. The summed E-state index contributed by atoms with van der Waals surface area (Å²) in [6.45, 7) is 8.81. The fourth-order valence-corrected chi connectivity index (χ4v) is 6.09. The number of anilines is 3. The van der Waals surface area contributed by atoms with Crippen molar-refractivity contribution >= 4 is 45.6 Å². The van der Waals surface area contributed by atoms with Gasteiger partial charge in [0.25, 0.3) is 0 Å². The number of nitrogens with zero attached hydrogens (tertiary/aromatic N) is 8. The quantitative estimate of drug-likeness (QED) is 0.262. The number of morpholine rings is 1. The van der Waals surface area contributed by atoms with Gasteiger partial charge in [0.1, 0.15) is 17.3 Å². The maximum Gasteiger partial charge on any atom is 0.246 e. The minimum Gasteiger partial charge on any atom is -0.379 e. The van der Waals surface area contributed by atoms with E-state index in [0.717, 1.165) is 49.4 Å². The van der Waals surface area contributed by atoms with Crippen LogP contribution in [0.3, 0.4) is 0 Å². The summed E-state index contributed by atoms with van der Waals surface area (Å²) < 4.78 is 19.9. The van der Waals surface area contributed by atoms with Crippen LogP contribution in [0.25, 0.3) is 16.4 Å². The molecule has 1 atom stereocenters. The van der Waals surface area contributed by atoms with Crippen LogP contribution < -0.4 is 10.6 Å². The highest BCUT2D eigenvalue weighted by molar-refractivity contribution is 7.18. The largest absolute Gasteiger partial charge is 0.379 e. The van der Waals surface area contributed by atoms with E-state index in [2.05, 4.69) is 48.6 Å². The molecule has 6 rings (SSSR count). The number of pyridine rings is 1. The zero-order valence-corrected chi connectivity index (χ0v) is 24.8. The lowest BCUT2D eigenvalue weighted by Crippen LogP contribution is -2.44. The highest BCUT2D eigenvalue weighted by Gasteiger charge is 2.23. The first-order valence-corrected chi connectivity index (χ1v) is 15.1. The molecule has 43 heavy (non-hydrogen) atoms. The Bertz CT molecular complexity index is 1590. The van der Waals surface area contributed by atoms with Crippen LogP contribution in [0.2, 0.25) is 5.02 Å². The van der Waals surface area contributed by atoms with Gasteiger partial charge < -0.3 is 20.3 Å². The standard InChI is InChI=1S/C28H30ClFN10O2S/c1-2-25(41)39-8-4-5-19(17-39)32-23-13-18(16-38-9-11-42-12-10-38)14-24(33-23)34-28-31-15-22(43-28)27-35-37-40(36-27)26-20(29)6-3-7-21(26)30/h2-3,6-7,13-15,19H,1,4-5,8-12,16-17H2,(H2,31,32,33,34)/t19-/m0/s1. The van der Waals surface area contributed by atoms with Gasteiger partial charge >= 0.3 is 0 Å². The number of rotatable bonds is 9. The molecule has 0 saturated carbocycles. The summed E-state index contributed by atoms with van der Waals surface area (Å²) in [5.41, 5.74) is 1.11. The Morgan fingerprint density at radius 3 is 2.88 bits per heavy atom. The van der Waals surface area contributed by atoms with E-state index in [0.29, 0.717) is 41.4 Å². The third-order valence-corrected chi connectivity index (χ3v) is 8.38. The molecule has 2 aliphatic rings. The molecule has 224 valence electrons. The Balaban J connectivity index is 1.21. The molecule has 0 bridgehead atoms. The molecule has 3 aromatic heterocycles. The fourth-order valence-electron chi connectivity index (χ4n) is 5.10. The van der Waals surface area contributed by atoms with Gasteiger partial charge in [-0.3, -0.25) is 9.69 Å². The number of amides is 1. The number of halogens is 2. The number of thiazole rings is 1. The van der Waals surface area contributed by atoms with Crippen LogP contribution in [-0.4, -0.2) is 91.3 Å². The van der Waals surface area contributed by atoms with Crippen molar-refractivity contribution in [2.75, 3.05) is 50.0 Å². The van der Waals surface area contributed by atoms with Crippen molar-refractivity contribution in [2.45, 2.75) is 25.4 Å². The second-order valence-electron chi connectivity index (χ2n) is 10.2. The van der Waals surface area contributed by atoms with Crippen LogP contribution in [0, 0.1) is 5.82 Å². The van der Waals surface area contributed by atoms with E-state index in [-0.39, 0.29) is 28.5 Å². The highest BCUT2D eigenvalue weighted by Crippen LogP contribution is 2.30. The van der Waals surface area contributed by atoms with E-state index in [1.807, 2.05) is 11.0 Å².